The average molecular weight is 234 g/mol. The molecule has 0 bridgehead atoms. The molecule has 17 heavy (non-hydrogen) atoms. The van der Waals surface area contributed by atoms with Crippen LogP contribution in [0.15, 0.2) is 12.4 Å². The summed E-state index contributed by atoms with van der Waals surface area (Å²) in [5.74, 6) is 0.464. The summed E-state index contributed by atoms with van der Waals surface area (Å²) in [7, 11) is 1.92. The molecule has 92 valence electrons. The number of amides is 1. The molecule has 1 amide bonds. The highest BCUT2D eigenvalue weighted by atomic mass is 16.2. The highest BCUT2D eigenvalue weighted by Crippen LogP contribution is 2.41. The Hall–Kier alpha value is -1.36. The smallest absolute Gasteiger partial charge is 0.221 e. The normalized spacial score (nSPS) is 27.4. The fourth-order valence-corrected chi connectivity index (χ4v) is 3.20. The van der Waals surface area contributed by atoms with Crippen LogP contribution in [-0.2, 0) is 11.8 Å². The molecule has 0 aliphatic carbocycles. The maximum absolute atomic E-state index is 11.7. The summed E-state index contributed by atoms with van der Waals surface area (Å²) < 4.78 is 1.81. The summed E-state index contributed by atoms with van der Waals surface area (Å²) in [5.41, 5.74) is 1.15. The lowest BCUT2D eigenvalue weighted by Crippen LogP contribution is -2.52. The lowest BCUT2D eigenvalue weighted by molar-refractivity contribution is -0.119. The van der Waals surface area contributed by atoms with Gasteiger partial charge in [0.1, 0.15) is 0 Å². The number of nitrogens with one attached hydrogen (secondary N) is 2. The Bertz CT molecular complexity index is 433. The first-order valence-corrected chi connectivity index (χ1v) is 6.20. The van der Waals surface area contributed by atoms with E-state index in [1.165, 1.54) is 5.56 Å². The maximum atomic E-state index is 11.7. The third-order valence-electron chi connectivity index (χ3n) is 4.07. The van der Waals surface area contributed by atoms with Crippen LogP contribution in [0.2, 0.25) is 0 Å². The van der Waals surface area contributed by atoms with E-state index < -0.39 is 0 Å². The molecular weight excluding hydrogens is 216 g/mol. The Morgan fingerprint density at radius 1 is 1.47 bits per heavy atom. The molecule has 2 N–H and O–H groups in total. The molecule has 0 saturated carbocycles. The first kappa shape index (κ1) is 10.8. The predicted octanol–water partition coefficient (Wildman–Crippen LogP) is 0.146. The molecule has 1 spiro atoms. The minimum atomic E-state index is -0.0363. The molecule has 0 aromatic carbocycles. The molecule has 0 radical (unpaired) electrons. The topological polar surface area (TPSA) is 59.0 Å². The molecule has 2 saturated heterocycles. The predicted molar refractivity (Wildman–Crippen MR) is 63.5 cm³/mol. The second kappa shape index (κ2) is 3.84. The molecule has 3 rings (SSSR count). The second-order valence-corrected chi connectivity index (χ2v) is 5.16. The lowest BCUT2D eigenvalue weighted by atomic mass is 9.75. The van der Waals surface area contributed by atoms with E-state index >= 15 is 0 Å². The van der Waals surface area contributed by atoms with E-state index in [0.717, 1.165) is 25.9 Å². The van der Waals surface area contributed by atoms with Crippen molar-refractivity contribution in [3.8, 4) is 0 Å². The molecule has 3 heterocycles. The molecule has 5 heteroatoms. The van der Waals surface area contributed by atoms with Crippen molar-refractivity contribution in [2.24, 2.45) is 7.05 Å². The van der Waals surface area contributed by atoms with Gasteiger partial charge in [-0.2, -0.15) is 5.10 Å². The number of piperidine rings is 1. The summed E-state index contributed by atoms with van der Waals surface area (Å²) in [6.45, 7) is 1.97. The van der Waals surface area contributed by atoms with Crippen LogP contribution in [-0.4, -0.2) is 34.3 Å². The molecule has 1 atom stereocenters. The van der Waals surface area contributed by atoms with E-state index in [9.17, 15) is 4.79 Å². The summed E-state index contributed by atoms with van der Waals surface area (Å²) in [5, 5.41) is 10.8. The van der Waals surface area contributed by atoms with Crippen LogP contribution in [0.25, 0.3) is 0 Å². The van der Waals surface area contributed by atoms with E-state index in [-0.39, 0.29) is 17.4 Å². The average Bonchev–Trinajstić information content (AvgIpc) is 2.85. The largest absolute Gasteiger partial charge is 0.350 e. The van der Waals surface area contributed by atoms with E-state index in [2.05, 4.69) is 15.7 Å². The van der Waals surface area contributed by atoms with Crippen molar-refractivity contribution in [1.29, 1.82) is 0 Å². The fraction of sp³-hybridized carbons (Fsp3) is 0.667. The molecule has 5 nitrogen and oxygen atoms in total. The number of hydrogen-bond donors (Lipinski definition) is 2. The first-order valence-electron chi connectivity index (χ1n) is 6.20. The van der Waals surface area contributed by atoms with Gasteiger partial charge < -0.3 is 10.6 Å². The Labute approximate surface area is 101 Å². The van der Waals surface area contributed by atoms with E-state index in [1.54, 1.807) is 0 Å². The Morgan fingerprint density at radius 2 is 2.24 bits per heavy atom. The highest BCUT2D eigenvalue weighted by molar-refractivity contribution is 5.81. The fourth-order valence-electron chi connectivity index (χ4n) is 3.20. The standard InChI is InChI=1S/C12H18N4O/c1-16-8-9(7-14-16)10-6-11(17)15-12(10)2-4-13-5-3-12/h7-8,10,13H,2-6H2,1H3,(H,15,17). The van der Waals surface area contributed by atoms with Gasteiger partial charge in [-0.05, 0) is 31.5 Å². The number of carbonyl (C=O) groups is 1. The number of hydrogen-bond acceptors (Lipinski definition) is 3. The zero-order chi connectivity index (χ0) is 11.9. The van der Waals surface area contributed by atoms with Gasteiger partial charge in [0.05, 0.1) is 6.20 Å². The van der Waals surface area contributed by atoms with E-state index in [4.69, 9.17) is 0 Å². The quantitative estimate of drug-likeness (QED) is 0.727. The van der Waals surface area contributed by atoms with Crippen molar-refractivity contribution in [2.45, 2.75) is 30.7 Å². The van der Waals surface area contributed by atoms with Crippen LogP contribution in [0, 0.1) is 0 Å². The van der Waals surface area contributed by atoms with Gasteiger partial charge in [0.25, 0.3) is 0 Å². The maximum Gasteiger partial charge on any atom is 0.221 e. The van der Waals surface area contributed by atoms with Gasteiger partial charge in [-0.1, -0.05) is 0 Å². The number of aromatic nitrogens is 2. The van der Waals surface area contributed by atoms with E-state index in [1.807, 2.05) is 24.1 Å². The van der Waals surface area contributed by atoms with Gasteiger partial charge in [0, 0.05) is 31.1 Å². The monoisotopic (exact) mass is 234 g/mol. The summed E-state index contributed by atoms with van der Waals surface area (Å²) in [6, 6.07) is 0. The molecule has 1 aromatic heterocycles. The second-order valence-electron chi connectivity index (χ2n) is 5.16. The van der Waals surface area contributed by atoms with Crippen LogP contribution in [0.4, 0.5) is 0 Å². The molecule has 1 unspecified atom stereocenters. The minimum Gasteiger partial charge on any atom is -0.350 e. The van der Waals surface area contributed by atoms with Crippen molar-refractivity contribution in [3.05, 3.63) is 18.0 Å². The number of aryl methyl sites for hydroxylation is 1. The van der Waals surface area contributed by atoms with E-state index in [0.29, 0.717) is 6.42 Å². The van der Waals surface area contributed by atoms with Gasteiger partial charge >= 0.3 is 0 Å². The third-order valence-corrected chi connectivity index (χ3v) is 4.07. The van der Waals surface area contributed by atoms with Crippen LogP contribution in [0.1, 0.15) is 30.7 Å². The van der Waals surface area contributed by atoms with Crippen LogP contribution in [0.3, 0.4) is 0 Å². The lowest BCUT2D eigenvalue weighted by Gasteiger charge is -2.38. The zero-order valence-electron chi connectivity index (χ0n) is 10.1. The SMILES string of the molecule is Cn1cc(C2CC(=O)NC23CCNCC3)cn1. The van der Waals surface area contributed by atoms with Crippen LogP contribution < -0.4 is 10.6 Å². The Kier molecular flexibility index (Phi) is 2.43. The third kappa shape index (κ3) is 1.74. The first-order chi connectivity index (χ1) is 8.20. The van der Waals surface area contributed by atoms with Crippen molar-refractivity contribution in [1.82, 2.24) is 20.4 Å². The molecule has 1 aromatic rings. The Morgan fingerprint density at radius 3 is 2.88 bits per heavy atom. The number of nitrogens with zero attached hydrogens (tertiary/aromatic N) is 2. The van der Waals surface area contributed by atoms with Crippen molar-refractivity contribution in [2.75, 3.05) is 13.1 Å². The number of rotatable bonds is 1. The van der Waals surface area contributed by atoms with Gasteiger partial charge in [0.15, 0.2) is 0 Å². The summed E-state index contributed by atoms with van der Waals surface area (Å²) >= 11 is 0. The van der Waals surface area contributed by atoms with Gasteiger partial charge in [0.2, 0.25) is 5.91 Å². The highest BCUT2D eigenvalue weighted by Gasteiger charge is 2.47. The van der Waals surface area contributed by atoms with Gasteiger partial charge in [-0.25, -0.2) is 0 Å². The molecule has 2 fully saturated rings. The van der Waals surface area contributed by atoms with Crippen molar-refractivity contribution >= 4 is 5.91 Å². The minimum absolute atomic E-state index is 0.0363. The van der Waals surface area contributed by atoms with Crippen LogP contribution >= 0.6 is 0 Å². The van der Waals surface area contributed by atoms with Crippen molar-refractivity contribution < 1.29 is 4.79 Å². The molecule has 2 aliphatic heterocycles. The van der Waals surface area contributed by atoms with Crippen molar-refractivity contribution in [3.63, 3.8) is 0 Å². The molecular formula is C12H18N4O. The Balaban J connectivity index is 1.93. The van der Waals surface area contributed by atoms with Gasteiger partial charge in [-0.3, -0.25) is 9.48 Å². The molecule has 2 aliphatic rings. The number of carbonyl (C=O) groups excluding carboxylic acids is 1. The van der Waals surface area contributed by atoms with Gasteiger partial charge in [-0.15, -0.1) is 0 Å². The zero-order valence-corrected chi connectivity index (χ0v) is 10.1. The summed E-state index contributed by atoms with van der Waals surface area (Å²) in [6.07, 6.45) is 6.56. The summed E-state index contributed by atoms with van der Waals surface area (Å²) in [4.78, 5) is 11.7. The van der Waals surface area contributed by atoms with Crippen LogP contribution in [0.5, 0.6) is 0 Å².